The second-order valence-electron chi connectivity index (χ2n) is 6.35. The first-order valence-corrected chi connectivity index (χ1v) is 6.41. The molecule has 0 saturated heterocycles. The fourth-order valence-corrected chi connectivity index (χ4v) is 3.23. The van der Waals surface area contributed by atoms with E-state index in [9.17, 15) is 4.79 Å². The van der Waals surface area contributed by atoms with Crippen LogP contribution in [-0.2, 0) is 4.79 Å². The lowest BCUT2D eigenvalue weighted by atomic mass is 9.93. The van der Waals surface area contributed by atoms with Crippen molar-refractivity contribution < 1.29 is 4.79 Å². The van der Waals surface area contributed by atoms with E-state index in [-0.39, 0.29) is 17.8 Å². The summed E-state index contributed by atoms with van der Waals surface area (Å²) >= 11 is 0. The molecule has 3 nitrogen and oxygen atoms in total. The van der Waals surface area contributed by atoms with Crippen molar-refractivity contribution in [3.8, 4) is 0 Å². The molecule has 4 heteroatoms. The lowest BCUT2D eigenvalue weighted by Gasteiger charge is -2.29. The van der Waals surface area contributed by atoms with Crippen LogP contribution in [0.2, 0.25) is 0 Å². The molecule has 1 amide bonds. The number of amides is 1. The summed E-state index contributed by atoms with van der Waals surface area (Å²) < 4.78 is 0. The van der Waals surface area contributed by atoms with E-state index in [1.807, 2.05) is 11.9 Å². The zero-order valence-electron chi connectivity index (χ0n) is 11.1. The van der Waals surface area contributed by atoms with Crippen molar-refractivity contribution in [2.75, 3.05) is 20.1 Å². The number of hydrogen-bond donors (Lipinski definition) is 1. The summed E-state index contributed by atoms with van der Waals surface area (Å²) in [5.74, 6) is 2.15. The van der Waals surface area contributed by atoms with E-state index in [0.29, 0.717) is 18.4 Å². The summed E-state index contributed by atoms with van der Waals surface area (Å²) in [6, 6.07) is 0. The van der Waals surface area contributed by atoms with Gasteiger partial charge in [0.25, 0.3) is 0 Å². The molecular weight excluding hydrogens is 236 g/mol. The van der Waals surface area contributed by atoms with Crippen LogP contribution in [0.1, 0.15) is 33.1 Å². The Morgan fingerprint density at radius 1 is 1.35 bits per heavy atom. The third-order valence-corrected chi connectivity index (χ3v) is 4.29. The molecule has 2 atom stereocenters. The largest absolute Gasteiger partial charge is 0.345 e. The Bertz CT molecular complexity index is 283. The number of fused-ring (bicyclic) bond motifs is 1. The van der Waals surface area contributed by atoms with Crippen LogP contribution in [0.3, 0.4) is 0 Å². The highest BCUT2D eigenvalue weighted by atomic mass is 35.5. The molecular formula is C13H25ClN2O. The minimum atomic E-state index is 0. The lowest BCUT2D eigenvalue weighted by molar-refractivity contribution is -0.133. The first kappa shape index (κ1) is 14.8. The predicted molar refractivity (Wildman–Crippen MR) is 72.0 cm³/mol. The minimum Gasteiger partial charge on any atom is -0.345 e. The van der Waals surface area contributed by atoms with Crippen LogP contribution in [0.5, 0.6) is 0 Å². The molecule has 100 valence electrons. The molecule has 2 fully saturated rings. The topological polar surface area (TPSA) is 46.3 Å². The molecule has 2 saturated carbocycles. The highest BCUT2D eigenvalue weighted by Gasteiger charge is 2.57. The maximum atomic E-state index is 12.2. The smallest absolute Gasteiger partial charge is 0.226 e. The Hall–Kier alpha value is -0.280. The number of halogens is 1. The van der Waals surface area contributed by atoms with E-state index in [1.54, 1.807) is 0 Å². The zero-order chi connectivity index (χ0) is 11.9. The highest BCUT2D eigenvalue weighted by Crippen LogP contribution is 2.58. The lowest BCUT2D eigenvalue weighted by Crippen LogP contribution is -2.40. The Balaban J connectivity index is 0.00000144. The van der Waals surface area contributed by atoms with Crippen molar-refractivity contribution in [2.24, 2.45) is 28.9 Å². The number of rotatable bonds is 4. The third kappa shape index (κ3) is 2.94. The molecule has 2 unspecified atom stereocenters. The number of nitrogens with two attached hydrogens (primary N) is 1. The van der Waals surface area contributed by atoms with Gasteiger partial charge in [-0.25, -0.2) is 0 Å². The molecule has 2 aliphatic carbocycles. The maximum absolute atomic E-state index is 12.2. The zero-order valence-corrected chi connectivity index (χ0v) is 11.9. The summed E-state index contributed by atoms with van der Waals surface area (Å²) in [6.07, 6.45) is 3.88. The highest BCUT2D eigenvalue weighted by molar-refractivity contribution is 5.85. The quantitative estimate of drug-likeness (QED) is 0.839. The SMILES string of the molecule is CN(CC(C)(C)CN)C(=O)C1C2CCCC21.Cl. The standard InChI is InChI=1S/C13H24N2O.ClH/c1-13(2,7-14)8-15(3)12(16)11-9-5-4-6-10(9)11;/h9-11H,4-8,14H2,1-3H3;1H. The van der Waals surface area contributed by atoms with Crippen LogP contribution in [0.4, 0.5) is 0 Å². The van der Waals surface area contributed by atoms with Crippen LogP contribution in [0, 0.1) is 23.2 Å². The second-order valence-corrected chi connectivity index (χ2v) is 6.35. The Morgan fingerprint density at radius 2 is 1.88 bits per heavy atom. The number of carbonyl (C=O) groups is 1. The van der Waals surface area contributed by atoms with Crippen LogP contribution in [0.15, 0.2) is 0 Å². The van der Waals surface area contributed by atoms with Gasteiger partial charge in [0, 0.05) is 19.5 Å². The van der Waals surface area contributed by atoms with Crippen molar-refractivity contribution in [1.29, 1.82) is 0 Å². The summed E-state index contributed by atoms with van der Waals surface area (Å²) in [5.41, 5.74) is 5.74. The van der Waals surface area contributed by atoms with E-state index >= 15 is 0 Å². The molecule has 0 aromatic heterocycles. The third-order valence-electron chi connectivity index (χ3n) is 4.29. The number of carbonyl (C=O) groups excluding carboxylic acids is 1. The normalized spacial score (nSPS) is 30.5. The fraction of sp³-hybridized carbons (Fsp3) is 0.923. The molecule has 2 N–H and O–H groups in total. The van der Waals surface area contributed by atoms with Gasteiger partial charge in [-0.2, -0.15) is 0 Å². The van der Waals surface area contributed by atoms with E-state index < -0.39 is 0 Å². The molecule has 17 heavy (non-hydrogen) atoms. The Labute approximate surface area is 111 Å². The molecule has 0 radical (unpaired) electrons. The fourth-order valence-electron chi connectivity index (χ4n) is 3.23. The molecule has 0 bridgehead atoms. The van der Waals surface area contributed by atoms with Gasteiger partial charge in [0.2, 0.25) is 5.91 Å². The van der Waals surface area contributed by atoms with Crippen molar-refractivity contribution >= 4 is 18.3 Å². The van der Waals surface area contributed by atoms with E-state index in [2.05, 4.69) is 13.8 Å². The van der Waals surface area contributed by atoms with E-state index in [0.717, 1.165) is 18.4 Å². The Kier molecular flexibility index (Phi) is 4.48. The average molecular weight is 261 g/mol. The molecule has 0 heterocycles. The molecule has 0 aliphatic heterocycles. The minimum absolute atomic E-state index is 0. The molecule has 0 aromatic rings. The van der Waals surface area contributed by atoms with Crippen molar-refractivity contribution in [3.63, 3.8) is 0 Å². The van der Waals surface area contributed by atoms with Crippen LogP contribution in [-0.4, -0.2) is 30.9 Å². The van der Waals surface area contributed by atoms with Crippen molar-refractivity contribution in [2.45, 2.75) is 33.1 Å². The van der Waals surface area contributed by atoms with Gasteiger partial charge in [0.1, 0.15) is 0 Å². The van der Waals surface area contributed by atoms with Crippen LogP contribution < -0.4 is 5.73 Å². The van der Waals surface area contributed by atoms with Gasteiger partial charge >= 0.3 is 0 Å². The van der Waals surface area contributed by atoms with Gasteiger partial charge < -0.3 is 10.6 Å². The van der Waals surface area contributed by atoms with Gasteiger partial charge in [-0.1, -0.05) is 20.3 Å². The maximum Gasteiger partial charge on any atom is 0.226 e. The first-order valence-electron chi connectivity index (χ1n) is 6.41. The predicted octanol–water partition coefficient (Wildman–Crippen LogP) is 1.90. The van der Waals surface area contributed by atoms with Gasteiger partial charge in [0.05, 0.1) is 0 Å². The Morgan fingerprint density at radius 3 is 2.35 bits per heavy atom. The van der Waals surface area contributed by atoms with E-state index in [1.165, 1.54) is 19.3 Å². The van der Waals surface area contributed by atoms with Crippen LogP contribution in [0.25, 0.3) is 0 Å². The summed E-state index contributed by atoms with van der Waals surface area (Å²) in [5, 5.41) is 0. The first-order chi connectivity index (χ1) is 7.46. The van der Waals surface area contributed by atoms with Gasteiger partial charge in [0.15, 0.2) is 0 Å². The second kappa shape index (κ2) is 5.15. The number of nitrogens with zero attached hydrogens (tertiary/aromatic N) is 1. The van der Waals surface area contributed by atoms with Gasteiger partial charge in [-0.3, -0.25) is 4.79 Å². The molecule has 0 spiro atoms. The van der Waals surface area contributed by atoms with Crippen LogP contribution >= 0.6 is 12.4 Å². The summed E-state index contributed by atoms with van der Waals surface area (Å²) in [6.45, 7) is 5.63. The number of hydrogen-bond acceptors (Lipinski definition) is 2. The average Bonchev–Trinajstić information content (AvgIpc) is 2.69. The van der Waals surface area contributed by atoms with Gasteiger partial charge in [-0.15, -0.1) is 12.4 Å². The summed E-state index contributed by atoms with van der Waals surface area (Å²) in [4.78, 5) is 14.1. The summed E-state index contributed by atoms with van der Waals surface area (Å²) in [7, 11) is 1.92. The van der Waals surface area contributed by atoms with E-state index in [4.69, 9.17) is 5.73 Å². The van der Waals surface area contributed by atoms with Gasteiger partial charge in [-0.05, 0) is 36.6 Å². The molecule has 2 rings (SSSR count). The van der Waals surface area contributed by atoms with Crippen molar-refractivity contribution in [3.05, 3.63) is 0 Å². The molecule has 2 aliphatic rings. The molecule has 0 aromatic carbocycles. The monoisotopic (exact) mass is 260 g/mol. The van der Waals surface area contributed by atoms with Crippen molar-refractivity contribution in [1.82, 2.24) is 4.90 Å².